The number of hydrogen-bond acceptors (Lipinski definition) is 7. The summed E-state index contributed by atoms with van der Waals surface area (Å²) >= 11 is 0. The second kappa shape index (κ2) is 10.4. The molecule has 8 nitrogen and oxygen atoms in total. The smallest absolute Gasteiger partial charge is 0.431 e. The lowest BCUT2D eigenvalue weighted by Crippen LogP contribution is -2.30. The number of amides is 1. The average molecular weight is 448 g/mol. The van der Waals surface area contributed by atoms with Gasteiger partial charge >= 0.3 is 12.1 Å². The first kappa shape index (κ1) is 23.7. The molecule has 0 radical (unpaired) electrons. The lowest BCUT2D eigenvalue weighted by molar-refractivity contribution is -0.142. The van der Waals surface area contributed by atoms with Crippen LogP contribution in [0.4, 0.5) is 32.4 Å². The fraction of sp³-hybridized carbons (Fsp3) is 0.222. The Balaban J connectivity index is 1.82. The van der Waals surface area contributed by atoms with Gasteiger partial charge in [0.05, 0.1) is 6.61 Å². The summed E-state index contributed by atoms with van der Waals surface area (Å²) in [7, 11) is 0. The number of nitrogens with one attached hydrogen (secondary N) is 1. The van der Waals surface area contributed by atoms with Crippen molar-refractivity contribution in [3.8, 4) is 5.75 Å². The highest BCUT2D eigenvalue weighted by Gasteiger charge is 2.28. The molecule has 1 unspecified atom stereocenters. The molecule has 1 atom stereocenters. The van der Waals surface area contributed by atoms with E-state index in [1.54, 1.807) is 30.6 Å². The van der Waals surface area contributed by atoms with Crippen molar-refractivity contribution in [1.29, 1.82) is 0 Å². The largest absolute Gasteiger partial charge is 0.447 e. The fourth-order valence-corrected chi connectivity index (χ4v) is 2.28. The summed E-state index contributed by atoms with van der Waals surface area (Å²) in [5.74, 6) is -15.6. The second-order valence-electron chi connectivity index (χ2n) is 5.91. The van der Waals surface area contributed by atoms with E-state index < -0.39 is 59.4 Å². The number of carbonyl (C=O) groups excluding carboxylic acids is 2. The zero-order valence-electron chi connectivity index (χ0n) is 15.6. The quantitative estimate of drug-likeness (QED) is 0.124. The summed E-state index contributed by atoms with van der Waals surface area (Å²) in [5, 5.41) is 2.85. The summed E-state index contributed by atoms with van der Waals surface area (Å²) in [6, 6.07) is 6.33. The molecular weight excluding hydrogens is 435 g/mol. The maximum absolute atomic E-state index is 13.4. The highest BCUT2D eigenvalue weighted by atomic mass is 19.2. The minimum Gasteiger partial charge on any atom is -0.447 e. The van der Waals surface area contributed by atoms with Gasteiger partial charge in [0, 0.05) is 5.92 Å². The Kier molecular flexibility index (Phi) is 7.96. The third-order valence-corrected chi connectivity index (χ3v) is 3.76. The molecule has 0 saturated carbocycles. The van der Waals surface area contributed by atoms with Gasteiger partial charge in [0.2, 0.25) is 34.8 Å². The van der Waals surface area contributed by atoms with Gasteiger partial charge in [-0.3, -0.25) is 4.84 Å². The molecule has 31 heavy (non-hydrogen) atoms. The minimum absolute atomic E-state index is 0.158. The summed E-state index contributed by atoms with van der Waals surface area (Å²) in [5.41, 5.74) is 2.32. The molecule has 0 aromatic heterocycles. The zero-order chi connectivity index (χ0) is 23.1. The molecular formula is C18H13F5N2O6. The Morgan fingerprint density at radius 3 is 2.19 bits per heavy atom. The highest BCUT2D eigenvalue weighted by molar-refractivity contribution is 5.74. The van der Waals surface area contributed by atoms with E-state index in [2.05, 4.69) is 14.8 Å². The van der Waals surface area contributed by atoms with Crippen LogP contribution in [-0.2, 0) is 14.4 Å². The zero-order valence-corrected chi connectivity index (χ0v) is 15.6. The maximum atomic E-state index is 13.4. The average Bonchev–Trinajstić information content (AvgIpc) is 2.77. The summed E-state index contributed by atoms with van der Waals surface area (Å²) < 4.78 is 74.8. The number of nitrogens with zero attached hydrogens (tertiary/aromatic N) is 1. The van der Waals surface area contributed by atoms with Crippen LogP contribution in [0.2, 0.25) is 0 Å². The van der Waals surface area contributed by atoms with Crippen LogP contribution in [-0.4, -0.2) is 25.3 Å². The van der Waals surface area contributed by atoms with Crippen LogP contribution in [0.25, 0.3) is 0 Å². The molecule has 1 N–H and O–H groups in total. The lowest BCUT2D eigenvalue weighted by atomic mass is 10.0. The molecule has 13 heteroatoms. The van der Waals surface area contributed by atoms with E-state index in [0.717, 1.165) is 0 Å². The van der Waals surface area contributed by atoms with Crippen molar-refractivity contribution in [2.45, 2.75) is 12.8 Å². The molecule has 0 aliphatic carbocycles. The van der Waals surface area contributed by atoms with Crippen molar-refractivity contribution >= 4 is 17.7 Å². The normalized spacial score (nSPS) is 11.5. The summed E-state index contributed by atoms with van der Waals surface area (Å²) in [4.78, 5) is 38.2. The van der Waals surface area contributed by atoms with Crippen LogP contribution in [0.3, 0.4) is 0 Å². The van der Waals surface area contributed by atoms with E-state index >= 15 is 0 Å². The number of ether oxygens (including phenoxy) is 2. The predicted octanol–water partition coefficient (Wildman–Crippen LogP) is 4.15. The first-order valence-electron chi connectivity index (χ1n) is 8.36. The van der Waals surface area contributed by atoms with Crippen LogP contribution >= 0.6 is 0 Å². The van der Waals surface area contributed by atoms with Gasteiger partial charge in [0.15, 0.2) is 6.61 Å². The molecule has 2 aromatic rings. The van der Waals surface area contributed by atoms with Crippen molar-refractivity contribution < 1.29 is 45.9 Å². The highest BCUT2D eigenvalue weighted by Crippen LogP contribution is 2.29. The summed E-state index contributed by atoms with van der Waals surface area (Å²) in [6.45, 7) is 0.276. The first-order chi connectivity index (χ1) is 14.7. The van der Waals surface area contributed by atoms with Gasteiger partial charge in [-0.15, -0.1) is 4.91 Å². The van der Waals surface area contributed by atoms with E-state index in [1.165, 1.54) is 6.07 Å². The third kappa shape index (κ3) is 5.72. The molecule has 0 heterocycles. The van der Waals surface area contributed by atoms with Crippen LogP contribution in [0.1, 0.15) is 18.4 Å². The van der Waals surface area contributed by atoms with E-state index in [0.29, 0.717) is 5.56 Å². The fourth-order valence-electron chi connectivity index (χ4n) is 2.28. The van der Waals surface area contributed by atoms with E-state index in [1.807, 2.05) is 0 Å². The maximum Gasteiger partial charge on any atom is 0.431 e. The SMILES string of the molecule is CC(COC(=O)NOCC(=O)Oc1c(F)c(F)c(F)c(F)c1F)c1ccccc1N=O. The molecule has 0 spiro atoms. The molecule has 0 aliphatic heterocycles. The molecule has 0 fully saturated rings. The van der Waals surface area contributed by atoms with Gasteiger partial charge < -0.3 is 9.47 Å². The van der Waals surface area contributed by atoms with E-state index in [9.17, 15) is 36.4 Å². The second-order valence-corrected chi connectivity index (χ2v) is 5.91. The van der Waals surface area contributed by atoms with Gasteiger partial charge in [0.1, 0.15) is 5.69 Å². The van der Waals surface area contributed by atoms with Crippen molar-refractivity contribution in [3.63, 3.8) is 0 Å². The predicted molar refractivity (Wildman–Crippen MR) is 92.6 cm³/mol. The number of nitroso groups, excluding NO2 is 1. The van der Waals surface area contributed by atoms with Gasteiger partial charge in [-0.25, -0.2) is 22.8 Å². The molecule has 1 amide bonds. The van der Waals surface area contributed by atoms with Crippen molar-refractivity contribution in [1.82, 2.24) is 5.48 Å². The molecule has 2 rings (SSSR count). The van der Waals surface area contributed by atoms with Gasteiger partial charge in [0.25, 0.3) is 0 Å². The van der Waals surface area contributed by atoms with Gasteiger partial charge in [-0.05, 0) is 16.8 Å². The first-order valence-corrected chi connectivity index (χ1v) is 8.36. The topological polar surface area (TPSA) is 103 Å². The molecule has 0 saturated heterocycles. The van der Waals surface area contributed by atoms with Crippen molar-refractivity contribution in [2.75, 3.05) is 13.2 Å². The Hall–Kier alpha value is -3.61. The molecule has 166 valence electrons. The van der Waals surface area contributed by atoms with E-state index in [4.69, 9.17) is 4.74 Å². The minimum atomic E-state index is -2.42. The Bertz CT molecular complexity index is 975. The third-order valence-electron chi connectivity index (χ3n) is 3.76. The van der Waals surface area contributed by atoms with Crippen LogP contribution in [0.5, 0.6) is 5.75 Å². The van der Waals surface area contributed by atoms with Crippen LogP contribution in [0.15, 0.2) is 29.4 Å². The Morgan fingerprint density at radius 2 is 1.58 bits per heavy atom. The van der Waals surface area contributed by atoms with Crippen LogP contribution < -0.4 is 10.2 Å². The number of halogens is 5. The van der Waals surface area contributed by atoms with Gasteiger partial charge in [-0.2, -0.15) is 14.3 Å². The Morgan fingerprint density at radius 1 is 1.00 bits per heavy atom. The monoisotopic (exact) mass is 448 g/mol. The number of benzene rings is 2. The number of hydrogen-bond donors (Lipinski definition) is 1. The number of hydroxylamine groups is 1. The number of rotatable bonds is 8. The van der Waals surface area contributed by atoms with Crippen molar-refractivity contribution in [2.24, 2.45) is 5.18 Å². The summed E-state index contributed by atoms with van der Waals surface area (Å²) in [6.07, 6.45) is -1.17. The number of carbonyl (C=O) groups is 2. The molecule has 0 aliphatic rings. The Labute approximate surface area is 170 Å². The lowest BCUT2D eigenvalue weighted by Gasteiger charge is -2.14. The number of esters is 1. The van der Waals surface area contributed by atoms with Crippen molar-refractivity contribution in [3.05, 3.63) is 63.8 Å². The molecule has 2 aromatic carbocycles. The van der Waals surface area contributed by atoms with Gasteiger partial charge in [-0.1, -0.05) is 25.1 Å². The van der Waals surface area contributed by atoms with E-state index in [-0.39, 0.29) is 12.3 Å². The molecule has 0 bridgehead atoms. The standard InChI is InChI=1S/C18H13F5N2O6/c1-8(9-4-2-3-5-10(9)24-28)6-29-18(27)25-30-7-11(26)31-17-15(22)13(20)12(19)14(21)16(17)23/h2-5,8H,6-7H2,1H3,(H,25,27). The van der Waals surface area contributed by atoms with Crippen LogP contribution in [0, 0.1) is 34.0 Å².